The van der Waals surface area contributed by atoms with Crippen molar-refractivity contribution in [3.8, 4) is 11.3 Å². The number of nitrogens with one attached hydrogen (secondary N) is 1. The Kier molecular flexibility index (Phi) is 9.21. The van der Waals surface area contributed by atoms with Crippen molar-refractivity contribution in [2.45, 2.75) is 64.1 Å². The van der Waals surface area contributed by atoms with E-state index in [2.05, 4.69) is 5.32 Å². The molecule has 40 heavy (non-hydrogen) atoms. The predicted molar refractivity (Wildman–Crippen MR) is 155 cm³/mol. The number of benzene rings is 2. The lowest BCUT2D eigenvalue weighted by Gasteiger charge is -2.36. The first-order chi connectivity index (χ1) is 19.0. The number of halogens is 2. The Balaban J connectivity index is 1.53. The molecule has 0 spiro atoms. The van der Waals surface area contributed by atoms with E-state index in [1.165, 1.54) is 12.0 Å². The van der Waals surface area contributed by atoms with Crippen LogP contribution in [0.15, 0.2) is 48.5 Å². The van der Waals surface area contributed by atoms with Crippen molar-refractivity contribution < 1.29 is 23.9 Å². The third-order valence-electron chi connectivity index (χ3n) is 6.65. The molecule has 3 aromatic rings. The van der Waals surface area contributed by atoms with Gasteiger partial charge < -0.3 is 14.8 Å². The number of piperidine rings is 1. The van der Waals surface area contributed by atoms with Crippen LogP contribution < -0.4 is 5.32 Å². The van der Waals surface area contributed by atoms with Gasteiger partial charge in [0.1, 0.15) is 17.7 Å². The minimum Gasteiger partial charge on any atom is -0.467 e. The summed E-state index contributed by atoms with van der Waals surface area (Å²) in [6.45, 7) is 5.75. The Bertz CT molecular complexity index is 1400. The largest absolute Gasteiger partial charge is 0.467 e. The van der Waals surface area contributed by atoms with Crippen LogP contribution in [0.1, 0.15) is 45.6 Å². The predicted octanol–water partition coefficient (Wildman–Crippen LogP) is 6.20. The van der Waals surface area contributed by atoms with Crippen molar-refractivity contribution >= 4 is 52.1 Å². The molecule has 1 aliphatic rings. The van der Waals surface area contributed by atoms with Crippen LogP contribution in [0.4, 0.5) is 4.79 Å². The van der Waals surface area contributed by atoms with Crippen molar-refractivity contribution in [1.82, 2.24) is 15.2 Å². The Morgan fingerprint density at radius 1 is 1.07 bits per heavy atom. The highest BCUT2D eigenvalue weighted by atomic mass is 35.5. The van der Waals surface area contributed by atoms with Crippen molar-refractivity contribution in [2.24, 2.45) is 0 Å². The van der Waals surface area contributed by atoms with Gasteiger partial charge in [-0.3, -0.25) is 9.69 Å². The summed E-state index contributed by atoms with van der Waals surface area (Å²) in [4.78, 5) is 45.0. The van der Waals surface area contributed by atoms with Gasteiger partial charge in [-0.25, -0.2) is 14.6 Å². The number of ether oxygens (including phenoxy) is 2. The number of pyridine rings is 1. The van der Waals surface area contributed by atoms with Gasteiger partial charge in [-0.2, -0.15) is 0 Å². The molecule has 1 aliphatic heterocycles. The van der Waals surface area contributed by atoms with Crippen LogP contribution in [-0.2, 0) is 25.5 Å². The molecule has 0 bridgehead atoms. The minimum absolute atomic E-state index is 0.200. The standard InChI is InChI=1S/C30H33Cl2N3O5/c1-30(2,3)40-29(38)35-15-6-5-10-25(35)27(36)34-24(28(37)39-4)17-18-11-13-22-19(16-18)12-14-23(33-22)26-20(31)8-7-9-21(26)32/h7-9,11-14,16,24-25H,5-6,10,15,17H2,1-4H3,(H,34,36)/t24-,25-/m0/s1. The monoisotopic (exact) mass is 585 g/mol. The van der Waals surface area contributed by atoms with Crippen molar-refractivity contribution in [1.29, 1.82) is 0 Å². The van der Waals surface area contributed by atoms with Gasteiger partial charge in [0.25, 0.3) is 0 Å². The van der Waals surface area contributed by atoms with E-state index in [9.17, 15) is 14.4 Å². The Morgan fingerprint density at radius 2 is 1.80 bits per heavy atom. The molecule has 10 heteroatoms. The number of esters is 1. The van der Waals surface area contributed by atoms with Gasteiger partial charge in [0.05, 0.1) is 28.4 Å². The Labute approximate surface area is 243 Å². The third-order valence-corrected chi connectivity index (χ3v) is 7.28. The number of carbonyl (C=O) groups excluding carboxylic acids is 3. The molecule has 0 saturated carbocycles. The van der Waals surface area contributed by atoms with Crippen LogP contribution in [0.3, 0.4) is 0 Å². The van der Waals surface area contributed by atoms with Crippen molar-refractivity contribution in [2.75, 3.05) is 13.7 Å². The molecule has 8 nitrogen and oxygen atoms in total. The number of aromatic nitrogens is 1. The van der Waals surface area contributed by atoms with Crippen LogP contribution in [-0.4, -0.2) is 59.2 Å². The quantitative estimate of drug-likeness (QED) is 0.346. The molecule has 1 N–H and O–H groups in total. The molecule has 0 aliphatic carbocycles. The number of nitrogens with zero attached hydrogens (tertiary/aromatic N) is 2. The summed E-state index contributed by atoms with van der Waals surface area (Å²) in [5, 5.41) is 4.69. The fourth-order valence-electron chi connectivity index (χ4n) is 4.77. The maximum atomic E-state index is 13.3. The highest BCUT2D eigenvalue weighted by molar-refractivity contribution is 6.39. The molecule has 1 fully saturated rings. The summed E-state index contributed by atoms with van der Waals surface area (Å²) in [6.07, 6.45) is 1.71. The number of methoxy groups -OCH3 is 1. The zero-order chi connectivity index (χ0) is 29.0. The lowest BCUT2D eigenvalue weighted by atomic mass is 9.99. The highest BCUT2D eigenvalue weighted by Gasteiger charge is 2.36. The number of rotatable bonds is 6. The van der Waals surface area contributed by atoms with Gasteiger partial charge in [0.15, 0.2) is 0 Å². The normalized spacial score (nSPS) is 16.4. The van der Waals surface area contributed by atoms with Crippen LogP contribution in [0, 0.1) is 0 Å². The summed E-state index contributed by atoms with van der Waals surface area (Å²) in [5.74, 6) is -0.986. The van der Waals surface area contributed by atoms with Gasteiger partial charge in [-0.15, -0.1) is 0 Å². The summed E-state index contributed by atoms with van der Waals surface area (Å²) in [6, 6.07) is 13.0. The first-order valence-electron chi connectivity index (χ1n) is 13.2. The van der Waals surface area contributed by atoms with Gasteiger partial charge in [0, 0.05) is 23.9 Å². The summed E-state index contributed by atoms with van der Waals surface area (Å²) >= 11 is 12.7. The number of likely N-dealkylation sites (tertiary alicyclic amines) is 1. The fourth-order valence-corrected chi connectivity index (χ4v) is 5.36. The van der Waals surface area contributed by atoms with E-state index in [-0.39, 0.29) is 6.42 Å². The molecular formula is C30H33Cl2N3O5. The van der Waals surface area contributed by atoms with Crippen LogP contribution in [0.5, 0.6) is 0 Å². The molecule has 2 amide bonds. The topological polar surface area (TPSA) is 97.8 Å². The molecule has 2 heterocycles. The molecule has 0 radical (unpaired) electrons. The molecule has 4 rings (SSSR count). The number of hydrogen-bond donors (Lipinski definition) is 1. The number of hydrogen-bond acceptors (Lipinski definition) is 6. The van der Waals surface area contributed by atoms with E-state index in [4.69, 9.17) is 37.7 Å². The average Bonchev–Trinajstić information content (AvgIpc) is 2.91. The first kappa shape index (κ1) is 29.6. The maximum Gasteiger partial charge on any atom is 0.410 e. The van der Waals surface area contributed by atoms with E-state index < -0.39 is 35.7 Å². The second-order valence-corrected chi connectivity index (χ2v) is 11.6. The third kappa shape index (κ3) is 7.04. The van der Waals surface area contributed by atoms with Gasteiger partial charge in [-0.1, -0.05) is 41.4 Å². The van der Waals surface area contributed by atoms with Gasteiger partial charge >= 0.3 is 12.1 Å². The first-order valence-corrected chi connectivity index (χ1v) is 13.9. The maximum absolute atomic E-state index is 13.3. The minimum atomic E-state index is -0.938. The van der Waals surface area contributed by atoms with Crippen molar-refractivity contribution in [3.05, 3.63) is 64.1 Å². The smallest absolute Gasteiger partial charge is 0.410 e. The second kappa shape index (κ2) is 12.4. The number of amides is 2. The SMILES string of the molecule is COC(=O)[C@H](Cc1ccc2nc(-c3c(Cl)cccc3Cl)ccc2c1)NC(=O)[C@@H]1CCCCN1C(=O)OC(C)(C)C. The van der Waals surface area contributed by atoms with E-state index in [1.807, 2.05) is 30.3 Å². The lowest BCUT2D eigenvalue weighted by Crippen LogP contribution is -2.56. The highest BCUT2D eigenvalue weighted by Crippen LogP contribution is 2.34. The molecule has 2 aromatic carbocycles. The number of fused-ring (bicyclic) bond motifs is 1. The van der Waals surface area contributed by atoms with E-state index in [0.29, 0.717) is 34.3 Å². The zero-order valence-corrected chi connectivity index (χ0v) is 24.5. The molecule has 2 atom stereocenters. The second-order valence-electron chi connectivity index (χ2n) is 10.8. The van der Waals surface area contributed by atoms with E-state index in [1.54, 1.807) is 39.0 Å². The average molecular weight is 587 g/mol. The molecule has 1 saturated heterocycles. The fraction of sp³-hybridized carbons (Fsp3) is 0.400. The van der Waals surface area contributed by atoms with E-state index in [0.717, 1.165) is 29.3 Å². The Hall–Kier alpha value is -3.36. The van der Waals surface area contributed by atoms with Crippen LogP contribution >= 0.6 is 23.2 Å². The van der Waals surface area contributed by atoms with E-state index >= 15 is 0 Å². The molecule has 212 valence electrons. The Morgan fingerprint density at radius 3 is 2.48 bits per heavy atom. The summed E-state index contributed by atoms with van der Waals surface area (Å²) in [7, 11) is 1.28. The lowest BCUT2D eigenvalue weighted by molar-refractivity contribution is -0.145. The summed E-state index contributed by atoms with van der Waals surface area (Å²) < 4.78 is 10.5. The van der Waals surface area contributed by atoms with Gasteiger partial charge in [-0.05, 0) is 75.9 Å². The molecule has 0 unspecified atom stereocenters. The molecular weight excluding hydrogens is 553 g/mol. The molecule has 1 aromatic heterocycles. The van der Waals surface area contributed by atoms with Crippen LogP contribution in [0.2, 0.25) is 10.0 Å². The van der Waals surface area contributed by atoms with Crippen molar-refractivity contribution in [3.63, 3.8) is 0 Å². The summed E-state index contributed by atoms with van der Waals surface area (Å²) in [5.41, 5.74) is 2.16. The van der Waals surface area contributed by atoms with Gasteiger partial charge in [0.2, 0.25) is 5.91 Å². The zero-order valence-electron chi connectivity index (χ0n) is 23.0. The van der Waals surface area contributed by atoms with Crippen LogP contribution in [0.25, 0.3) is 22.2 Å². The number of carbonyl (C=O) groups is 3.